The molecule has 4 rings (SSSR count). The van der Waals surface area contributed by atoms with Gasteiger partial charge in [-0.05, 0) is 18.1 Å². The average molecular weight is 453 g/mol. The van der Waals surface area contributed by atoms with Crippen molar-refractivity contribution >= 4 is 28.8 Å². The fraction of sp³-hybridized carbons (Fsp3) is 0.400. The van der Waals surface area contributed by atoms with Gasteiger partial charge in [-0.2, -0.15) is 0 Å². The quantitative estimate of drug-likeness (QED) is 0.378. The molecule has 0 amide bonds. The van der Waals surface area contributed by atoms with Crippen LogP contribution in [0.3, 0.4) is 0 Å². The van der Waals surface area contributed by atoms with Gasteiger partial charge in [-0.25, -0.2) is 4.79 Å². The predicted molar refractivity (Wildman–Crippen MR) is 121 cm³/mol. The summed E-state index contributed by atoms with van der Waals surface area (Å²) in [5, 5.41) is 1.09. The Labute approximate surface area is 192 Å². The molecule has 2 heterocycles. The Morgan fingerprint density at radius 3 is 2.61 bits per heavy atom. The number of hydrogen-bond acceptors (Lipinski definition) is 7. The van der Waals surface area contributed by atoms with Gasteiger partial charge >= 0.3 is 17.9 Å². The van der Waals surface area contributed by atoms with E-state index in [-0.39, 0.29) is 30.5 Å². The van der Waals surface area contributed by atoms with Gasteiger partial charge in [-0.3, -0.25) is 9.59 Å². The van der Waals surface area contributed by atoms with Gasteiger partial charge in [0.25, 0.3) is 0 Å². The molecule has 174 valence electrons. The van der Waals surface area contributed by atoms with Crippen LogP contribution in [0, 0.1) is 5.92 Å². The Hall–Kier alpha value is -3.55. The van der Waals surface area contributed by atoms with Crippen molar-refractivity contribution in [2.45, 2.75) is 25.3 Å². The summed E-state index contributed by atoms with van der Waals surface area (Å²) >= 11 is 0. The summed E-state index contributed by atoms with van der Waals surface area (Å²) < 4.78 is 17.3. The Bertz CT molecular complexity index is 1160. The molecule has 1 aliphatic carbocycles. The van der Waals surface area contributed by atoms with Crippen molar-refractivity contribution in [3.05, 3.63) is 59.4 Å². The number of nitrogens with zero attached hydrogens (tertiary/aromatic N) is 2. The number of carbonyl (C=O) groups excluding carboxylic acids is 3. The summed E-state index contributed by atoms with van der Waals surface area (Å²) in [6.45, 7) is 2.11. The number of methoxy groups -OCH3 is 2. The zero-order valence-electron chi connectivity index (χ0n) is 19.2. The number of aromatic nitrogens is 1. The highest BCUT2D eigenvalue weighted by molar-refractivity contribution is 5.91. The second-order valence-electron chi connectivity index (χ2n) is 8.30. The summed E-state index contributed by atoms with van der Waals surface area (Å²) in [6.07, 6.45) is 5.69. The predicted octanol–water partition coefficient (Wildman–Crippen LogP) is 2.99. The molecule has 3 atom stereocenters. The molecular weight excluding hydrogens is 424 g/mol. The number of esters is 3. The number of aryl methyl sites for hydroxylation is 1. The standard InChI is InChI=1S/C25H28N2O6/c1-15(28)33-12-11-27-14-16(9-10-21(29)31-3)18-13-20(27)22-17-7-5-6-8-19(17)26(2)24(22)23(18)25(30)32-4/h5-10,14,18,20,23H,11-13H2,1-4H3/b10-9+/t18-,20-,23+/m0/s1. The van der Waals surface area contributed by atoms with Crippen molar-refractivity contribution in [2.75, 3.05) is 27.4 Å². The molecular formula is C25H28N2O6. The van der Waals surface area contributed by atoms with Crippen LogP contribution in [0.4, 0.5) is 0 Å². The molecule has 33 heavy (non-hydrogen) atoms. The zero-order valence-corrected chi connectivity index (χ0v) is 19.2. The van der Waals surface area contributed by atoms with Gasteiger partial charge in [-0.15, -0.1) is 0 Å². The van der Waals surface area contributed by atoms with Gasteiger partial charge < -0.3 is 23.7 Å². The lowest BCUT2D eigenvalue weighted by Gasteiger charge is -2.45. The second-order valence-corrected chi connectivity index (χ2v) is 8.30. The molecule has 0 N–H and O–H groups in total. The van der Waals surface area contributed by atoms with Gasteiger partial charge in [0.05, 0.1) is 26.8 Å². The Morgan fingerprint density at radius 2 is 1.91 bits per heavy atom. The van der Waals surface area contributed by atoms with E-state index in [1.54, 1.807) is 6.08 Å². The summed E-state index contributed by atoms with van der Waals surface area (Å²) in [7, 11) is 4.69. The maximum atomic E-state index is 13.1. The van der Waals surface area contributed by atoms with Gasteiger partial charge in [0.1, 0.15) is 12.5 Å². The molecule has 0 spiro atoms. The van der Waals surface area contributed by atoms with Crippen LogP contribution in [0.5, 0.6) is 0 Å². The highest BCUT2D eigenvalue weighted by Crippen LogP contribution is 2.53. The number of allylic oxidation sites excluding steroid dienone is 2. The lowest BCUT2D eigenvalue weighted by atomic mass is 9.69. The van der Waals surface area contributed by atoms with E-state index in [9.17, 15) is 14.4 Å². The van der Waals surface area contributed by atoms with E-state index < -0.39 is 11.9 Å². The van der Waals surface area contributed by atoms with Crippen molar-refractivity contribution < 1.29 is 28.6 Å². The molecule has 1 aromatic heterocycles. The number of rotatable bonds is 6. The first-order valence-corrected chi connectivity index (χ1v) is 10.9. The van der Waals surface area contributed by atoms with Crippen molar-refractivity contribution in [3.8, 4) is 0 Å². The van der Waals surface area contributed by atoms with Crippen molar-refractivity contribution in [3.63, 3.8) is 0 Å². The van der Waals surface area contributed by atoms with E-state index in [1.165, 1.54) is 27.2 Å². The van der Waals surface area contributed by atoms with Crippen LogP contribution in [0.15, 0.2) is 48.2 Å². The van der Waals surface area contributed by atoms with Crippen LogP contribution in [-0.2, 0) is 35.6 Å². The lowest BCUT2D eigenvalue weighted by Crippen LogP contribution is -2.42. The first kappa shape index (κ1) is 22.6. The highest BCUT2D eigenvalue weighted by Gasteiger charge is 2.47. The third kappa shape index (κ3) is 4.01. The van der Waals surface area contributed by atoms with Gasteiger partial charge in [-0.1, -0.05) is 24.3 Å². The van der Waals surface area contributed by atoms with E-state index in [2.05, 4.69) is 15.5 Å². The fourth-order valence-corrected chi connectivity index (χ4v) is 5.18. The molecule has 0 saturated carbocycles. The summed E-state index contributed by atoms with van der Waals surface area (Å²) in [5.41, 5.74) is 3.87. The second kappa shape index (κ2) is 9.13. The number of ether oxygens (including phenoxy) is 3. The Balaban J connectivity index is 1.87. The topological polar surface area (TPSA) is 87.1 Å². The maximum Gasteiger partial charge on any atom is 0.330 e. The molecule has 0 unspecified atom stereocenters. The zero-order chi connectivity index (χ0) is 23.7. The molecule has 0 radical (unpaired) electrons. The number of benzene rings is 1. The van der Waals surface area contributed by atoms with Crippen LogP contribution in [-0.4, -0.2) is 54.7 Å². The Kier molecular flexibility index (Phi) is 6.26. The van der Waals surface area contributed by atoms with Crippen LogP contribution < -0.4 is 0 Å². The molecule has 0 saturated heterocycles. The van der Waals surface area contributed by atoms with Crippen LogP contribution in [0.2, 0.25) is 0 Å². The van der Waals surface area contributed by atoms with Crippen molar-refractivity contribution in [1.82, 2.24) is 9.47 Å². The smallest absolute Gasteiger partial charge is 0.330 e. The Morgan fingerprint density at radius 1 is 1.15 bits per heavy atom. The minimum Gasteiger partial charge on any atom is -0.468 e. The number of para-hydroxylation sites is 1. The number of hydrogen-bond donors (Lipinski definition) is 0. The van der Waals surface area contributed by atoms with Crippen LogP contribution in [0.1, 0.15) is 36.6 Å². The molecule has 8 heteroatoms. The first-order chi connectivity index (χ1) is 15.9. The highest BCUT2D eigenvalue weighted by atomic mass is 16.5. The summed E-state index contributed by atoms with van der Waals surface area (Å²) in [4.78, 5) is 38.3. The van der Waals surface area contributed by atoms with E-state index >= 15 is 0 Å². The number of carbonyl (C=O) groups is 3. The molecule has 1 aliphatic heterocycles. The molecule has 2 aliphatic rings. The first-order valence-electron chi connectivity index (χ1n) is 10.9. The fourth-order valence-electron chi connectivity index (χ4n) is 5.18. The lowest BCUT2D eigenvalue weighted by molar-refractivity contribution is -0.145. The maximum absolute atomic E-state index is 13.1. The normalized spacial score (nSPS) is 21.5. The minimum absolute atomic E-state index is 0.0113. The van der Waals surface area contributed by atoms with Crippen molar-refractivity contribution in [1.29, 1.82) is 0 Å². The van der Waals surface area contributed by atoms with E-state index in [1.807, 2.05) is 31.4 Å². The number of fused-ring (bicyclic) bond motifs is 6. The van der Waals surface area contributed by atoms with Crippen LogP contribution in [0.25, 0.3) is 10.9 Å². The molecule has 2 bridgehead atoms. The third-order valence-electron chi connectivity index (χ3n) is 6.57. The summed E-state index contributed by atoms with van der Waals surface area (Å²) in [5.74, 6) is -1.80. The molecule has 1 aromatic carbocycles. The minimum atomic E-state index is -0.511. The largest absolute Gasteiger partial charge is 0.468 e. The summed E-state index contributed by atoms with van der Waals surface area (Å²) in [6, 6.07) is 8.08. The van der Waals surface area contributed by atoms with E-state index in [4.69, 9.17) is 14.2 Å². The third-order valence-corrected chi connectivity index (χ3v) is 6.57. The van der Waals surface area contributed by atoms with Gasteiger partial charge in [0.2, 0.25) is 0 Å². The molecule has 8 nitrogen and oxygen atoms in total. The van der Waals surface area contributed by atoms with Gasteiger partial charge in [0.15, 0.2) is 0 Å². The van der Waals surface area contributed by atoms with E-state index in [0.717, 1.165) is 27.7 Å². The van der Waals surface area contributed by atoms with E-state index in [0.29, 0.717) is 13.0 Å². The SMILES string of the molecule is COC(=O)/C=C/C1=CN(CCOC(C)=O)[C@H]2C[C@@H]1[C@@H](C(=O)OC)c1c2c2ccccc2n1C. The molecule has 2 aromatic rings. The van der Waals surface area contributed by atoms with Crippen molar-refractivity contribution in [2.24, 2.45) is 13.0 Å². The molecule has 0 fully saturated rings. The monoisotopic (exact) mass is 452 g/mol. The van der Waals surface area contributed by atoms with Gasteiger partial charge in [0, 0.05) is 54.3 Å². The average Bonchev–Trinajstić information content (AvgIpc) is 3.11. The van der Waals surface area contributed by atoms with Crippen LogP contribution >= 0.6 is 0 Å².